The Hall–Kier alpha value is -3.04. The van der Waals surface area contributed by atoms with Gasteiger partial charge in [0.15, 0.2) is 18.1 Å². The highest BCUT2D eigenvalue weighted by atomic mass is 32.2. The zero-order valence-corrected chi connectivity index (χ0v) is 17.7. The van der Waals surface area contributed by atoms with Gasteiger partial charge in [-0.1, -0.05) is 0 Å². The average Bonchev–Trinajstić information content (AvgIpc) is 2.73. The topological polar surface area (TPSA) is 206 Å². The highest BCUT2D eigenvalue weighted by Gasteiger charge is 2.52. The number of aliphatic hydroxyl groups excluding tert-OH is 3. The molecule has 0 spiro atoms. The maximum atomic E-state index is 13.6. The van der Waals surface area contributed by atoms with Crippen molar-refractivity contribution >= 4 is 27.5 Å². The number of carboxylic acids is 1. The minimum Gasteiger partial charge on any atom is -0.481 e. The van der Waals surface area contributed by atoms with E-state index in [4.69, 9.17) is 15.2 Å². The monoisotopic (exact) mass is 470 g/mol. The highest BCUT2D eigenvalue weighted by molar-refractivity contribution is 7.92. The fourth-order valence-electron chi connectivity index (χ4n) is 3.15. The van der Waals surface area contributed by atoms with Crippen molar-refractivity contribution in [2.45, 2.75) is 42.5 Å². The number of sulfonamides is 1. The average molecular weight is 470 g/mol. The number of aliphatic carboxylic acids is 1. The van der Waals surface area contributed by atoms with Crippen LogP contribution in [0.3, 0.4) is 0 Å². The van der Waals surface area contributed by atoms with E-state index in [2.05, 4.69) is 9.97 Å². The predicted octanol–water partition coefficient (Wildman–Crippen LogP) is -1.54. The number of hydrogen-bond donors (Lipinski definition) is 5. The van der Waals surface area contributed by atoms with Gasteiger partial charge in [0, 0.05) is 11.8 Å². The summed E-state index contributed by atoms with van der Waals surface area (Å²) in [5.74, 6) is -1.93. The number of rotatable bonds is 6. The van der Waals surface area contributed by atoms with Crippen LogP contribution in [0.2, 0.25) is 0 Å². The lowest BCUT2D eigenvalue weighted by Gasteiger charge is -2.43. The summed E-state index contributed by atoms with van der Waals surface area (Å²) in [6, 6.07) is 6.17. The normalized spacial score (nSPS) is 25.8. The maximum absolute atomic E-state index is 13.6. The summed E-state index contributed by atoms with van der Waals surface area (Å²) in [4.78, 5) is 19.3. The number of methoxy groups -OCH3 is 1. The molecule has 0 radical (unpaired) electrons. The summed E-state index contributed by atoms with van der Waals surface area (Å²) < 4.78 is 38.0. The van der Waals surface area contributed by atoms with E-state index < -0.39 is 46.6 Å². The fourth-order valence-corrected chi connectivity index (χ4v) is 4.64. The third kappa shape index (κ3) is 4.31. The fraction of sp³-hybridized carbons (Fsp3) is 0.389. The second kappa shape index (κ2) is 8.84. The van der Waals surface area contributed by atoms with Crippen LogP contribution in [0.5, 0.6) is 5.88 Å². The van der Waals surface area contributed by atoms with Gasteiger partial charge in [0.25, 0.3) is 10.0 Å². The summed E-state index contributed by atoms with van der Waals surface area (Å²) in [5.41, 5.74) is 5.91. The molecule has 2 aromatic rings. The first-order valence-electron chi connectivity index (χ1n) is 9.19. The highest BCUT2D eigenvalue weighted by Crippen LogP contribution is 2.33. The number of carboxylic acid groups (broad SMARTS) is 1. The van der Waals surface area contributed by atoms with Crippen LogP contribution in [-0.4, -0.2) is 82.5 Å². The quantitative estimate of drug-likeness (QED) is 0.305. The molecule has 13 nitrogen and oxygen atoms in total. The lowest BCUT2D eigenvalue weighted by molar-refractivity contribution is -0.224. The molecule has 0 unspecified atom stereocenters. The van der Waals surface area contributed by atoms with Gasteiger partial charge in [-0.05, 0) is 31.2 Å². The van der Waals surface area contributed by atoms with Crippen molar-refractivity contribution in [2.75, 3.05) is 17.1 Å². The molecule has 0 saturated carbocycles. The summed E-state index contributed by atoms with van der Waals surface area (Å²) in [7, 11) is -3.29. The summed E-state index contributed by atoms with van der Waals surface area (Å²) in [5, 5.41) is 40.1. The molecule has 1 aromatic carbocycles. The Labute approximate surface area is 182 Å². The van der Waals surface area contributed by atoms with E-state index in [0.717, 1.165) is 6.07 Å². The van der Waals surface area contributed by atoms with E-state index in [1.807, 2.05) is 0 Å². The molecule has 5 atom stereocenters. The SMILES string of the molecule is COc1cc(N([C@@H]2O[C@H](C(=O)O)[C@@H](O)[C@H](O)[C@H]2O)S(=O)(=O)c2ccc(N)cc2)nc(C)n1. The van der Waals surface area contributed by atoms with Crippen molar-refractivity contribution < 1.29 is 43.1 Å². The number of aromatic nitrogens is 2. The van der Waals surface area contributed by atoms with Crippen molar-refractivity contribution in [1.29, 1.82) is 0 Å². The third-order valence-electron chi connectivity index (χ3n) is 4.74. The van der Waals surface area contributed by atoms with Crippen LogP contribution in [0.15, 0.2) is 35.2 Å². The van der Waals surface area contributed by atoms with E-state index in [-0.39, 0.29) is 28.1 Å². The number of nitrogen functional groups attached to an aromatic ring is 1. The number of anilines is 2. The van der Waals surface area contributed by atoms with Gasteiger partial charge in [-0.2, -0.15) is 4.98 Å². The number of nitrogens with two attached hydrogens (primary N) is 1. The minimum atomic E-state index is -4.57. The Balaban J connectivity index is 2.22. The smallest absolute Gasteiger partial charge is 0.335 e. The molecule has 0 amide bonds. The van der Waals surface area contributed by atoms with Crippen LogP contribution in [0.4, 0.5) is 11.5 Å². The Morgan fingerprint density at radius 1 is 1.12 bits per heavy atom. The van der Waals surface area contributed by atoms with Crippen LogP contribution in [-0.2, 0) is 19.6 Å². The first-order chi connectivity index (χ1) is 15.0. The van der Waals surface area contributed by atoms with Crippen LogP contribution < -0.4 is 14.8 Å². The van der Waals surface area contributed by atoms with E-state index in [1.165, 1.54) is 38.3 Å². The van der Waals surface area contributed by atoms with Crippen molar-refractivity contribution in [3.05, 3.63) is 36.2 Å². The predicted molar refractivity (Wildman–Crippen MR) is 108 cm³/mol. The van der Waals surface area contributed by atoms with Crippen LogP contribution in [0, 0.1) is 6.92 Å². The van der Waals surface area contributed by atoms with Gasteiger partial charge in [-0.15, -0.1) is 0 Å². The van der Waals surface area contributed by atoms with Gasteiger partial charge in [0.1, 0.15) is 24.1 Å². The van der Waals surface area contributed by atoms with Crippen LogP contribution in [0.1, 0.15) is 5.82 Å². The molecule has 3 rings (SSSR count). The molecule has 2 heterocycles. The molecule has 1 aromatic heterocycles. The molecule has 14 heteroatoms. The Bertz CT molecular complexity index is 1100. The Kier molecular flexibility index (Phi) is 6.52. The van der Waals surface area contributed by atoms with Crippen molar-refractivity contribution in [2.24, 2.45) is 0 Å². The standard InChI is InChI=1S/C18H22N4O9S/c1-8-20-11(7-12(21-8)30-2)22(32(28,29)10-5-3-9(19)4-6-10)17-15(25)13(23)14(24)16(31-17)18(26)27/h3-7,13-17,23-25H,19H2,1-2H3,(H,26,27)/t13-,14-,15+,16-,17+/m0/s1. The third-order valence-corrected chi connectivity index (χ3v) is 6.52. The van der Waals surface area contributed by atoms with E-state index in [9.17, 15) is 33.6 Å². The number of nitrogens with zero attached hydrogens (tertiary/aromatic N) is 3. The maximum Gasteiger partial charge on any atom is 0.335 e. The largest absolute Gasteiger partial charge is 0.481 e. The number of aliphatic hydroxyl groups is 3. The first kappa shape index (κ1) is 23.6. The number of aryl methyl sites for hydroxylation is 1. The van der Waals surface area contributed by atoms with Gasteiger partial charge in [-0.3, -0.25) is 0 Å². The van der Waals surface area contributed by atoms with Gasteiger partial charge in [0.05, 0.1) is 12.0 Å². The summed E-state index contributed by atoms with van der Waals surface area (Å²) in [6.07, 6.45) is -10.1. The van der Waals surface area contributed by atoms with E-state index in [1.54, 1.807) is 0 Å². The van der Waals surface area contributed by atoms with Gasteiger partial charge < -0.3 is 35.6 Å². The van der Waals surface area contributed by atoms with Crippen LogP contribution >= 0.6 is 0 Å². The Morgan fingerprint density at radius 3 is 2.31 bits per heavy atom. The molecule has 0 bridgehead atoms. The zero-order valence-electron chi connectivity index (χ0n) is 16.9. The number of hydrogen-bond acceptors (Lipinski definition) is 11. The molecule has 1 fully saturated rings. The van der Waals surface area contributed by atoms with Crippen molar-refractivity contribution in [3.63, 3.8) is 0 Å². The molecule has 174 valence electrons. The van der Waals surface area contributed by atoms with Crippen LogP contribution in [0.25, 0.3) is 0 Å². The van der Waals surface area contributed by atoms with Gasteiger partial charge >= 0.3 is 5.97 Å². The van der Waals surface area contributed by atoms with Crippen molar-refractivity contribution in [3.8, 4) is 5.88 Å². The second-order valence-electron chi connectivity index (χ2n) is 6.94. The van der Waals surface area contributed by atoms with Crippen molar-refractivity contribution in [1.82, 2.24) is 9.97 Å². The number of benzene rings is 1. The summed E-state index contributed by atoms with van der Waals surface area (Å²) in [6.45, 7) is 1.46. The summed E-state index contributed by atoms with van der Waals surface area (Å²) >= 11 is 0. The zero-order chi connectivity index (χ0) is 23.8. The second-order valence-corrected chi connectivity index (χ2v) is 8.76. The van der Waals surface area contributed by atoms with Gasteiger partial charge in [0.2, 0.25) is 5.88 Å². The lowest BCUT2D eigenvalue weighted by atomic mass is 9.98. The Morgan fingerprint density at radius 2 is 1.75 bits per heavy atom. The number of carbonyl (C=O) groups is 1. The van der Waals surface area contributed by atoms with E-state index >= 15 is 0 Å². The first-order valence-corrected chi connectivity index (χ1v) is 10.6. The molecular formula is C18H22N4O9S. The molecule has 32 heavy (non-hydrogen) atoms. The molecular weight excluding hydrogens is 448 g/mol. The molecule has 1 aliphatic heterocycles. The lowest BCUT2D eigenvalue weighted by Crippen LogP contribution is -2.65. The molecule has 1 saturated heterocycles. The van der Waals surface area contributed by atoms with E-state index in [0.29, 0.717) is 4.31 Å². The minimum absolute atomic E-state index is 0.0225. The number of ether oxygens (including phenoxy) is 2. The molecule has 6 N–H and O–H groups in total. The molecule has 0 aliphatic carbocycles. The van der Waals surface area contributed by atoms with Gasteiger partial charge in [-0.25, -0.2) is 22.5 Å². The molecule has 1 aliphatic rings.